The third kappa shape index (κ3) is 56.2. The van der Waals surface area contributed by atoms with Crippen molar-refractivity contribution in [3.05, 3.63) is 97.2 Å². The molecule has 0 rings (SSSR count). The van der Waals surface area contributed by atoms with Crippen LogP contribution in [0, 0.1) is 0 Å². The molecule has 2 unspecified atom stereocenters. The topological polar surface area (TPSA) is 108 Å². The minimum atomic E-state index is -4.39. The molecule has 10 heteroatoms. The minimum Gasteiger partial charge on any atom is -0.462 e. The van der Waals surface area contributed by atoms with E-state index in [1.807, 2.05) is 21.1 Å². The largest absolute Gasteiger partial charge is 0.472 e. The zero-order chi connectivity index (χ0) is 52.7. The second-order valence-corrected chi connectivity index (χ2v) is 21.7. The maximum absolute atomic E-state index is 12.8. The van der Waals surface area contributed by atoms with Gasteiger partial charge < -0.3 is 18.9 Å². The maximum atomic E-state index is 12.8. The number of phosphoric ester groups is 1. The number of rotatable bonds is 52. The number of hydrogen-bond acceptors (Lipinski definition) is 7. The van der Waals surface area contributed by atoms with E-state index >= 15 is 0 Å². The molecule has 0 aromatic rings. The minimum absolute atomic E-state index is 0.0246. The van der Waals surface area contributed by atoms with E-state index in [0.29, 0.717) is 17.4 Å². The zero-order valence-electron chi connectivity index (χ0n) is 46.9. The highest BCUT2D eigenvalue weighted by atomic mass is 31.2. The summed E-state index contributed by atoms with van der Waals surface area (Å²) in [7, 11) is 1.46. The molecule has 0 radical (unpaired) electrons. The number of esters is 2. The molecule has 0 aromatic heterocycles. The Hall–Kier alpha value is -3.07. The van der Waals surface area contributed by atoms with Gasteiger partial charge in [-0.2, -0.15) is 0 Å². The van der Waals surface area contributed by atoms with Crippen LogP contribution in [-0.2, 0) is 32.7 Å². The van der Waals surface area contributed by atoms with Gasteiger partial charge in [0.15, 0.2) is 6.10 Å². The Balaban J connectivity index is 4.23. The fourth-order valence-electron chi connectivity index (χ4n) is 7.64. The van der Waals surface area contributed by atoms with Crippen LogP contribution in [0.4, 0.5) is 0 Å². The van der Waals surface area contributed by atoms with Crippen LogP contribution in [0.2, 0.25) is 0 Å². The molecule has 0 amide bonds. The third-order valence-electron chi connectivity index (χ3n) is 12.1. The lowest BCUT2D eigenvalue weighted by Crippen LogP contribution is -2.37. The number of nitrogens with zero attached hydrogens (tertiary/aromatic N) is 1. The van der Waals surface area contributed by atoms with E-state index in [4.69, 9.17) is 18.5 Å². The molecule has 0 bridgehead atoms. The SMILES string of the molecule is CC/C=C\C/C=C\C/C=C\C/C=C\C/C=C\C/C=C\C/C=C\CCCCCCCCCC(=O)OC(COC(=O)CCCCCCCCCCC/C=C\CCCCCCCC)COP(=O)(O)OCC[N+](C)(C)C. The van der Waals surface area contributed by atoms with E-state index in [-0.39, 0.29) is 32.0 Å². The molecule has 1 N–H and O–H groups in total. The first-order valence-corrected chi connectivity index (χ1v) is 30.5. The molecule has 0 spiro atoms. The maximum Gasteiger partial charge on any atom is 0.472 e. The molecule has 0 aliphatic carbocycles. The smallest absolute Gasteiger partial charge is 0.462 e. The highest BCUT2D eigenvalue weighted by Gasteiger charge is 2.27. The number of carbonyl (C=O) groups excluding carboxylic acids is 2. The molecule has 0 saturated carbocycles. The van der Waals surface area contributed by atoms with E-state index < -0.39 is 26.5 Å². The Labute approximate surface area is 443 Å². The summed E-state index contributed by atoms with van der Waals surface area (Å²) in [5.41, 5.74) is 0. The second-order valence-electron chi connectivity index (χ2n) is 20.3. The molecule has 0 saturated heterocycles. The van der Waals surface area contributed by atoms with Crippen LogP contribution in [-0.4, -0.2) is 74.9 Å². The van der Waals surface area contributed by atoms with E-state index in [1.165, 1.54) is 109 Å². The van der Waals surface area contributed by atoms with Gasteiger partial charge in [-0.25, -0.2) is 4.57 Å². The number of quaternary nitrogens is 1. The van der Waals surface area contributed by atoms with Gasteiger partial charge in [-0.05, 0) is 96.3 Å². The average Bonchev–Trinajstić information content (AvgIpc) is 3.34. The fourth-order valence-corrected chi connectivity index (χ4v) is 8.38. The van der Waals surface area contributed by atoms with Crippen LogP contribution >= 0.6 is 7.82 Å². The highest BCUT2D eigenvalue weighted by Crippen LogP contribution is 2.43. The van der Waals surface area contributed by atoms with Crippen molar-refractivity contribution >= 4 is 19.8 Å². The summed E-state index contributed by atoms with van der Waals surface area (Å²) in [5.74, 6) is -0.815. The molecule has 414 valence electrons. The lowest BCUT2D eigenvalue weighted by molar-refractivity contribution is -0.870. The van der Waals surface area contributed by atoms with E-state index in [0.717, 1.165) is 89.9 Å². The van der Waals surface area contributed by atoms with Crippen LogP contribution in [0.15, 0.2) is 97.2 Å². The van der Waals surface area contributed by atoms with Gasteiger partial charge in [0.25, 0.3) is 0 Å². The molecule has 0 aliphatic rings. The van der Waals surface area contributed by atoms with Crippen molar-refractivity contribution in [1.29, 1.82) is 0 Å². The van der Waals surface area contributed by atoms with Gasteiger partial charge >= 0.3 is 19.8 Å². The third-order valence-corrected chi connectivity index (χ3v) is 13.1. The zero-order valence-corrected chi connectivity index (χ0v) is 47.8. The number of hydrogen-bond donors (Lipinski definition) is 1. The summed E-state index contributed by atoms with van der Waals surface area (Å²) in [6.07, 6.45) is 71.8. The summed E-state index contributed by atoms with van der Waals surface area (Å²) in [6.45, 7) is 4.30. The second kappa shape index (κ2) is 52.8. The van der Waals surface area contributed by atoms with Crippen LogP contribution < -0.4 is 0 Å². The van der Waals surface area contributed by atoms with Crippen LogP contribution in [0.3, 0.4) is 0 Å². The lowest BCUT2D eigenvalue weighted by Gasteiger charge is -2.24. The highest BCUT2D eigenvalue weighted by molar-refractivity contribution is 7.47. The molecule has 0 heterocycles. The molecule has 2 atom stereocenters. The van der Waals surface area contributed by atoms with Crippen molar-refractivity contribution in [2.24, 2.45) is 0 Å². The van der Waals surface area contributed by atoms with Crippen molar-refractivity contribution in [2.75, 3.05) is 47.5 Å². The number of phosphoric acid groups is 1. The molecule has 9 nitrogen and oxygen atoms in total. The monoisotopic (exact) mass is 1030 g/mol. The molecular formula is C62H109NO8P+. The summed E-state index contributed by atoms with van der Waals surface area (Å²) in [6, 6.07) is 0. The quantitative estimate of drug-likeness (QED) is 0.0211. The van der Waals surface area contributed by atoms with Crippen LogP contribution in [0.1, 0.15) is 232 Å². The van der Waals surface area contributed by atoms with Crippen molar-refractivity contribution < 1.29 is 42.1 Å². The Kier molecular flexibility index (Phi) is 50.5. The van der Waals surface area contributed by atoms with E-state index in [9.17, 15) is 19.0 Å². The lowest BCUT2D eigenvalue weighted by atomic mass is 10.1. The molecule has 0 aliphatic heterocycles. The van der Waals surface area contributed by atoms with Crippen molar-refractivity contribution in [1.82, 2.24) is 0 Å². The van der Waals surface area contributed by atoms with Crippen LogP contribution in [0.25, 0.3) is 0 Å². The molecule has 0 fully saturated rings. The Morgan fingerprint density at radius 1 is 0.444 bits per heavy atom. The summed E-state index contributed by atoms with van der Waals surface area (Å²) in [5, 5.41) is 0. The van der Waals surface area contributed by atoms with Gasteiger partial charge in [-0.3, -0.25) is 18.6 Å². The Bertz CT molecular complexity index is 1540. The van der Waals surface area contributed by atoms with Crippen molar-refractivity contribution in [3.63, 3.8) is 0 Å². The number of ether oxygens (including phenoxy) is 2. The Morgan fingerprint density at radius 2 is 0.792 bits per heavy atom. The van der Waals surface area contributed by atoms with Crippen LogP contribution in [0.5, 0.6) is 0 Å². The first-order chi connectivity index (χ1) is 35.0. The molecule has 0 aromatic carbocycles. The van der Waals surface area contributed by atoms with E-state index in [2.05, 4.69) is 111 Å². The van der Waals surface area contributed by atoms with E-state index in [1.54, 1.807) is 0 Å². The summed E-state index contributed by atoms with van der Waals surface area (Å²) in [4.78, 5) is 35.7. The van der Waals surface area contributed by atoms with Gasteiger partial charge in [-0.1, -0.05) is 220 Å². The van der Waals surface area contributed by atoms with Gasteiger partial charge in [-0.15, -0.1) is 0 Å². The van der Waals surface area contributed by atoms with Crippen molar-refractivity contribution in [2.45, 2.75) is 238 Å². The van der Waals surface area contributed by atoms with Gasteiger partial charge in [0.05, 0.1) is 27.7 Å². The van der Waals surface area contributed by atoms with Gasteiger partial charge in [0.1, 0.15) is 19.8 Å². The van der Waals surface area contributed by atoms with Gasteiger partial charge in [0.2, 0.25) is 0 Å². The van der Waals surface area contributed by atoms with Gasteiger partial charge in [0, 0.05) is 12.8 Å². The number of carbonyl (C=O) groups is 2. The normalized spacial score (nSPS) is 14.0. The Morgan fingerprint density at radius 3 is 1.19 bits per heavy atom. The molecule has 72 heavy (non-hydrogen) atoms. The summed E-state index contributed by atoms with van der Waals surface area (Å²) < 4.78 is 34.5. The fraction of sp³-hybridized carbons (Fsp3) is 0.710. The average molecular weight is 1030 g/mol. The summed E-state index contributed by atoms with van der Waals surface area (Å²) >= 11 is 0. The van der Waals surface area contributed by atoms with Crippen molar-refractivity contribution in [3.8, 4) is 0 Å². The predicted molar refractivity (Wildman–Crippen MR) is 307 cm³/mol. The first-order valence-electron chi connectivity index (χ1n) is 29.0. The molecular weight excluding hydrogens is 918 g/mol. The number of allylic oxidation sites excluding steroid dienone is 16. The standard InChI is InChI=1S/C62H108NO8P/c1-6-8-10-12-14-16-18-20-22-24-26-27-28-29-30-31-32-33-34-35-37-39-41-43-45-47-49-51-53-55-62(65)71-60(59-70-72(66,67)69-57-56-63(3,4)5)58-68-61(64)54-52-50-48-46-44-42-40-38-36-25-23-21-19-17-15-13-11-9-7-2/h8,10,14,16,20-23,26-27,29-30,32-33,35,37,60H,6-7,9,11-13,15,17-19,24-25,28,31,34,36,38-59H2,1-5H3/p+1/b10-8-,16-14-,22-20-,23-21-,27-26-,30-29-,33-32-,37-35-. The predicted octanol–water partition coefficient (Wildman–Crippen LogP) is 18.0. The number of unbranched alkanes of at least 4 members (excludes halogenated alkanes) is 22. The number of likely N-dealkylation sites (N-methyl/N-ethyl adjacent to an activating group) is 1. The first kappa shape index (κ1) is 68.9.